The Labute approximate surface area is 733 Å². The standard InChI is InChI=1S/C79H108N14O16S4.3C2H4O2/c1-78(2)66-54-64(112(106,107)86(5)34-12-18-74(96)82-56-76(98)84-62-24-20-60(21-25-62)32-38-90-40-46-92(47-41-90,48-42-90)58-72(80)94)28-30-68(66)88(36-14-52-110(100,101)102)70(78)16-10-8-7-9-11-17-71-79(3,4)67-55-65(29-31-69(67)89(71)37-15-53-111(103,104)105)113(108,109)87(6)35-13-19-75(97)83-57-77(99)85-63-26-22-61(23-27-63)33-39-91-43-49-93(50-44-91,51-45-91)59-73(81)95;3*1-2(3)4/h7-11,16-17,20-31,54-55H,12-15,18-19,32-53,56-59H2,1-6H3,(H5-5,80,81,82,83,84,85,94,95,96,97,98,99,100,101,102,103,104,105);3*1H3,(H,3,4). The summed E-state index contributed by atoms with van der Waals surface area (Å²) in [6.45, 7) is 24.7. The second kappa shape index (κ2) is 44.0. The van der Waals surface area contributed by atoms with Gasteiger partial charge in [-0.05, 0) is 131 Å². The molecule has 6 saturated heterocycles. The first kappa shape index (κ1) is 102. The van der Waals surface area contributed by atoms with Gasteiger partial charge in [0.15, 0.2) is 18.8 Å². The summed E-state index contributed by atoms with van der Waals surface area (Å²) in [5.41, 5.74) is 16.6. The fourth-order valence-electron chi connectivity index (χ4n) is 16.8. The molecule has 40 heteroatoms. The summed E-state index contributed by atoms with van der Waals surface area (Å²) in [5.74, 6) is -6.72. The Bertz CT molecular complexity index is 5160. The van der Waals surface area contributed by atoms with Crippen molar-refractivity contribution in [2.75, 3.05) is 185 Å². The lowest BCUT2D eigenvalue weighted by Crippen LogP contribution is -2.76. The van der Waals surface area contributed by atoms with Gasteiger partial charge in [-0.15, -0.1) is 0 Å². The summed E-state index contributed by atoms with van der Waals surface area (Å²) in [6, 6.07) is 24.6. The molecule has 8 aliphatic heterocycles. The van der Waals surface area contributed by atoms with E-state index < -0.39 is 104 Å². The quantitative estimate of drug-likeness (QED) is 0.0138. The van der Waals surface area contributed by atoms with E-state index in [2.05, 4.69) is 21.3 Å². The van der Waals surface area contributed by atoms with Gasteiger partial charge in [0.05, 0.1) is 61.6 Å². The number of piperazine rings is 6. The number of carboxylic acids is 3. The van der Waals surface area contributed by atoms with Crippen LogP contribution < -0.4 is 53.0 Å². The van der Waals surface area contributed by atoms with E-state index in [0.29, 0.717) is 58.4 Å². The summed E-state index contributed by atoms with van der Waals surface area (Å²) < 4.78 is 135. The van der Waals surface area contributed by atoms with Crippen LogP contribution in [-0.4, -0.2) is 303 Å². The third-order valence-corrected chi connectivity index (χ3v) is 29.1. The lowest BCUT2D eigenvalue weighted by Gasteiger charge is -2.55. The maximum atomic E-state index is 14.2. The van der Waals surface area contributed by atoms with Crippen molar-refractivity contribution in [1.82, 2.24) is 19.2 Å². The van der Waals surface area contributed by atoms with Gasteiger partial charge < -0.3 is 94.4 Å². The van der Waals surface area contributed by atoms with Crippen LogP contribution in [0, 0.1) is 0 Å². The number of hydrogen-bond acceptors (Lipinski definition) is 23. The van der Waals surface area contributed by atoms with E-state index in [1.165, 1.54) is 26.2 Å². The number of fused-ring (bicyclic) bond motifs is 8. The number of quaternary nitrogens is 4. The van der Waals surface area contributed by atoms with Crippen LogP contribution in [0.4, 0.5) is 22.7 Å². The first-order valence-electron chi connectivity index (χ1n) is 41.4. The number of rotatable bonds is 40. The number of amides is 6. The Balaban J connectivity index is 0.00000168. The van der Waals surface area contributed by atoms with Crippen molar-refractivity contribution < 1.29 is 124 Å². The van der Waals surface area contributed by atoms with Gasteiger partial charge in [-0.3, -0.25) is 28.8 Å². The first-order chi connectivity index (χ1) is 58.3. The van der Waals surface area contributed by atoms with Crippen LogP contribution in [0.3, 0.4) is 0 Å². The summed E-state index contributed by atoms with van der Waals surface area (Å²) in [5, 5.41) is 37.5. The highest BCUT2D eigenvalue weighted by Gasteiger charge is 2.52. The largest absolute Gasteiger partial charge is 0.748 e. The van der Waals surface area contributed by atoms with Crippen molar-refractivity contribution in [3.63, 3.8) is 0 Å². The summed E-state index contributed by atoms with van der Waals surface area (Å²) in [7, 11) is -14.6. The molecule has 0 radical (unpaired) electrons. The molecule has 0 saturated carbocycles. The topological polar surface area (TPSA) is 518 Å². The maximum Gasteiger partial charge on any atom is 0.272 e. The molecule has 6 amide bonds. The lowest BCUT2D eigenvalue weighted by molar-refractivity contribution is -1.08. The molecule has 6 fully saturated rings. The zero-order valence-electron chi connectivity index (χ0n) is 72.6. The molecule has 0 aliphatic carbocycles. The van der Waals surface area contributed by atoms with Gasteiger partial charge in [0, 0.05) is 141 Å². The van der Waals surface area contributed by atoms with Crippen molar-refractivity contribution >= 4 is 122 Å². The molecule has 12 rings (SSSR count). The number of sulfonamides is 2. The van der Waals surface area contributed by atoms with Gasteiger partial charge in [0.2, 0.25) is 49.4 Å². The Hall–Kier alpha value is -9.98. The normalized spacial score (nSPS) is 20.7. The zero-order valence-corrected chi connectivity index (χ0v) is 75.9. The second-order valence-corrected chi connectivity index (χ2v) is 41.0. The van der Waals surface area contributed by atoms with Crippen molar-refractivity contribution in [3.8, 4) is 0 Å². The smallest absolute Gasteiger partial charge is 0.272 e. The third-order valence-electron chi connectivity index (χ3n) is 23.8. The minimum Gasteiger partial charge on any atom is -0.748 e. The summed E-state index contributed by atoms with van der Waals surface area (Å²) in [6.07, 6.45) is 14.2. The molecule has 686 valence electrons. The molecular formula is C85H120N14O22S4. The number of nitrogens with one attached hydrogen (secondary N) is 4. The number of aliphatic carboxylic acids is 3. The summed E-state index contributed by atoms with van der Waals surface area (Å²) in [4.78, 5) is 103. The second-order valence-electron chi connectivity index (χ2n) is 33.8. The number of carbonyl (C=O) groups is 9. The van der Waals surface area contributed by atoms with Crippen LogP contribution in [0.25, 0.3) is 0 Å². The number of nitrogens with two attached hydrogens (primary N) is 2. The van der Waals surface area contributed by atoms with Gasteiger partial charge in [-0.25, -0.2) is 42.3 Å². The monoisotopic (exact) mass is 1820 g/mol. The number of nitrogens with zero attached hydrogens (tertiary/aromatic N) is 8. The molecule has 8 heterocycles. The number of anilines is 3. The molecule has 0 atom stereocenters. The number of primary amides is 2. The Morgan fingerprint density at radius 3 is 1.27 bits per heavy atom. The SMILES string of the molecule is CC(=O)[O-].CC(=O)[O-].CC(=O)[O-].CN(CCCC(=O)NCC(=O)Nc1ccc(CC[N+]23CC[N+](CC(N)=O)(CC2)CC3)cc1)S(=O)(=O)c1ccc2c(c1)C(C)(C)C(/C=C/C=C/C=C/C=C1/N(CCCS(=O)(=O)[O-])c3ccc(S(=O)(=O)N(C)CCCC(=O)NCC(=O)Nc4ccc(CC[N+]56CC[N+](CC(N)=O)(CC5)CC6)cc4)cc3C1(C)C)=[N+]2CCCS(=O)(=O)[O-]. The number of carboxylic acid groups (broad SMARTS) is 3. The predicted octanol–water partition coefficient (Wildman–Crippen LogP) is -0.759. The molecule has 125 heavy (non-hydrogen) atoms. The van der Waals surface area contributed by atoms with Crippen molar-refractivity contribution in [2.45, 2.75) is 120 Å². The highest BCUT2D eigenvalue weighted by Crippen LogP contribution is 2.49. The van der Waals surface area contributed by atoms with E-state index in [4.69, 9.17) is 41.2 Å². The molecule has 8 aliphatic rings. The molecular weight excluding hydrogens is 1700 g/mol. The van der Waals surface area contributed by atoms with Crippen LogP contribution >= 0.6 is 0 Å². The van der Waals surface area contributed by atoms with E-state index in [1.807, 2.05) is 97.9 Å². The van der Waals surface area contributed by atoms with Gasteiger partial charge in [-0.2, -0.15) is 4.58 Å². The maximum absolute atomic E-state index is 14.2. The highest BCUT2D eigenvalue weighted by molar-refractivity contribution is 7.89. The van der Waals surface area contributed by atoms with E-state index in [-0.39, 0.29) is 99.4 Å². The lowest BCUT2D eigenvalue weighted by atomic mass is 9.81. The zero-order chi connectivity index (χ0) is 92.7. The van der Waals surface area contributed by atoms with Gasteiger partial charge in [0.25, 0.3) is 11.8 Å². The van der Waals surface area contributed by atoms with Crippen LogP contribution in [0.5, 0.6) is 0 Å². The van der Waals surface area contributed by atoms with Crippen LogP contribution in [-0.2, 0) is 107 Å². The average Bonchev–Trinajstić information content (AvgIpc) is 1.57. The van der Waals surface area contributed by atoms with E-state index in [1.54, 1.807) is 54.6 Å². The summed E-state index contributed by atoms with van der Waals surface area (Å²) >= 11 is 0. The molecule has 0 spiro atoms. The minimum atomic E-state index is -4.57. The Kier molecular flexibility index (Phi) is 35.9. The number of carbonyl (C=O) groups excluding carboxylic acids is 9. The predicted molar refractivity (Wildman–Crippen MR) is 461 cm³/mol. The Morgan fingerprint density at radius 1 is 0.488 bits per heavy atom. The molecule has 0 unspecified atom stereocenters. The van der Waals surface area contributed by atoms with Crippen molar-refractivity contribution in [1.29, 1.82) is 0 Å². The molecule has 36 nitrogen and oxygen atoms in total. The van der Waals surface area contributed by atoms with Crippen LogP contribution in [0.2, 0.25) is 0 Å². The minimum absolute atomic E-state index is 0.0175. The molecule has 4 bridgehead atoms. The van der Waals surface area contributed by atoms with Crippen LogP contribution in [0.1, 0.15) is 109 Å². The van der Waals surface area contributed by atoms with Crippen molar-refractivity contribution in [3.05, 3.63) is 155 Å². The Morgan fingerprint density at radius 2 is 0.864 bits per heavy atom. The first-order valence-corrected chi connectivity index (χ1v) is 47.4. The molecule has 8 N–H and O–H groups in total. The molecule has 4 aromatic rings. The van der Waals surface area contributed by atoms with E-state index in [0.717, 1.165) is 163 Å². The van der Waals surface area contributed by atoms with E-state index in [9.17, 15) is 71.5 Å². The van der Waals surface area contributed by atoms with Crippen molar-refractivity contribution in [2.24, 2.45) is 11.5 Å². The van der Waals surface area contributed by atoms with Gasteiger partial charge >= 0.3 is 0 Å². The molecule has 0 aromatic heterocycles. The fourth-order valence-corrected chi connectivity index (χ4v) is 20.2. The average molecular weight is 1820 g/mol. The highest BCUT2D eigenvalue weighted by atomic mass is 32.2. The molecule has 4 aromatic carbocycles. The number of benzene rings is 4. The van der Waals surface area contributed by atoms with Gasteiger partial charge in [-0.1, -0.05) is 68.5 Å². The van der Waals surface area contributed by atoms with Gasteiger partial charge in [0.1, 0.15) is 85.1 Å². The van der Waals surface area contributed by atoms with E-state index >= 15 is 0 Å². The van der Waals surface area contributed by atoms with Crippen LogP contribution in [0.15, 0.2) is 143 Å². The number of hydrogen-bond donors (Lipinski definition) is 6. The fraction of sp³-hybridized carbons (Fsp3) is 0.506. The number of allylic oxidation sites excluding steroid dienone is 8. The third kappa shape index (κ3) is 30.1.